The van der Waals surface area contributed by atoms with E-state index in [0.29, 0.717) is 0 Å². The summed E-state index contributed by atoms with van der Waals surface area (Å²) in [7, 11) is -7.48. The van der Waals surface area contributed by atoms with Crippen LogP contribution in [0.3, 0.4) is 0 Å². The van der Waals surface area contributed by atoms with Gasteiger partial charge in [-0.3, -0.25) is 28.0 Å². The second kappa shape index (κ2) is 9.36. The first-order chi connectivity index (χ1) is 13.3. The minimum absolute atomic E-state index is 0.0397. The van der Waals surface area contributed by atoms with Crippen molar-refractivity contribution in [3.63, 3.8) is 0 Å². The van der Waals surface area contributed by atoms with E-state index in [2.05, 4.69) is 4.98 Å². The molecule has 1 aromatic rings. The van der Waals surface area contributed by atoms with Gasteiger partial charge in [0.25, 0.3) is 5.56 Å². The Morgan fingerprint density at radius 1 is 1.24 bits per heavy atom. The topological polar surface area (TPSA) is 177 Å². The number of rotatable bonds is 9. The Balaban J connectivity index is 2.40. The number of nitrogens with zero attached hydrogens (tertiary/aromatic N) is 1. The van der Waals surface area contributed by atoms with Gasteiger partial charge in [-0.1, -0.05) is 0 Å². The van der Waals surface area contributed by atoms with Crippen molar-refractivity contribution in [1.82, 2.24) is 9.55 Å². The molecule has 1 fully saturated rings. The molecule has 0 radical (unpaired) electrons. The second-order valence-corrected chi connectivity index (χ2v) is 10.3. The summed E-state index contributed by atoms with van der Waals surface area (Å²) in [4.78, 5) is 54.2. The van der Waals surface area contributed by atoms with Crippen LogP contribution in [0.15, 0.2) is 21.9 Å². The van der Waals surface area contributed by atoms with Gasteiger partial charge in [0.2, 0.25) is 0 Å². The predicted molar refractivity (Wildman–Crippen MR) is 102 cm³/mol. The van der Waals surface area contributed by atoms with Crippen LogP contribution in [0.1, 0.15) is 32.7 Å². The van der Waals surface area contributed by atoms with Gasteiger partial charge in [-0.05, 0) is 32.6 Å². The number of phosphoric acid groups is 1. The first kappa shape index (κ1) is 24.2. The highest BCUT2D eigenvalue weighted by Crippen LogP contribution is 2.52. The predicted octanol–water partition coefficient (Wildman–Crippen LogP) is 0.591. The molecule has 1 heterocycles. The maximum absolute atomic E-state index is 12.4. The lowest BCUT2D eigenvalue weighted by atomic mass is 10.0. The maximum Gasteiger partial charge on any atom is 0.472 e. The third kappa shape index (κ3) is 6.70. The molecule has 1 aliphatic rings. The summed E-state index contributed by atoms with van der Waals surface area (Å²) < 4.78 is 40.5. The Morgan fingerprint density at radius 2 is 1.90 bits per heavy atom. The van der Waals surface area contributed by atoms with Gasteiger partial charge in [-0.15, -0.1) is 0 Å². The van der Waals surface area contributed by atoms with Crippen LogP contribution >= 0.6 is 15.4 Å². The van der Waals surface area contributed by atoms with Crippen molar-refractivity contribution < 1.29 is 37.6 Å². The minimum atomic E-state index is -4.53. The van der Waals surface area contributed by atoms with Crippen LogP contribution in [0.25, 0.3) is 0 Å². The van der Waals surface area contributed by atoms with Crippen molar-refractivity contribution in [2.24, 2.45) is 5.92 Å². The number of ether oxygens (including phenoxy) is 1. The van der Waals surface area contributed by atoms with Crippen molar-refractivity contribution in [1.29, 1.82) is 0 Å². The van der Waals surface area contributed by atoms with Crippen molar-refractivity contribution >= 4 is 15.4 Å². The Hall–Kier alpha value is -1.10. The summed E-state index contributed by atoms with van der Waals surface area (Å²) in [5, 5.41) is 0. The fraction of sp³-hybridized carbons (Fsp3) is 0.733. The molecule has 0 saturated heterocycles. The number of aromatic amines is 1. The maximum atomic E-state index is 12.4. The Labute approximate surface area is 166 Å². The van der Waals surface area contributed by atoms with Gasteiger partial charge in [-0.2, -0.15) is 0 Å². The smallest absolute Gasteiger partial charge is 0.378 e. The number of nitrogens with one attached hydrogen (secondary N) is 1. The lowest BCUT2D eigenvalue weighted by molar-refractivity contribution is -0.0304. The standard InChI is InChI=1S/C15H26N2O10P2/c1-9(2)26-29(23,24)27-14-11(17-6-4-12(18)16-15(17)19)8-10(13(14)25-3)5-7-28(20,21)22/h4,6,9-11,13-14H,5,7-8H2,1-3H3,(H,23,24)(H,16,18,19)(H2,20,21,22)/t10-,11-,13+,14-/m0/s1. The van der Waals surface area contributed by atoms with E-state index in [1.807, 2.05) is 0 Å². The zero-order valence-electron chi connectivity index (χ0n) is 16.2. The molecule has 0 aromatic carbocycles. The van der Waals surface area contributed by atoms with Crippen molar-refractivity contribution in [3.8, 4) is 0 Å². The van der Waals surface area contributed by atoms with Crippen LogP contribution in [0.4, 0.5) is 0 Å². The number of phosphoric ester groups is 1. The molecule has 14 heteroatoms. The zero-order chi connectivity index (χ0) is 22.0. The molecule has 1 aromatic heterocycles. The number of hydrogen-bond donors (Lipinski definition) is 4. The average molecular weight is 456 g/mol. The summed E-state index contributed by atoms with van der Waals surface area (Å²) in [6.45, 7) is 3.09. The number of hydrogen-bond acceptors (Lipinski definition) is 7. The fourth-order valence-electron chi connectivity index (χ4n) is 3.54. The largest absolute Gasteiger partial charge is 0.472 e. The lowest BCUT2D eigenvalue weighted by Crippen LogP contribution is -2.39. The van der Waals surface area contributed by atoms with Crippen LogP contribution in [-0.4, -0.2) is 55.8 Å². The fourth-order valence-corrected chi connectivity index (χ4v) is 5.36. The zero-order valence-corrected chi connectivity index (χ0v) is 18.0. The molecular formula is C15H26N2O10P2. The van der Waals surface area contributed by atoms with E-state index in [1.54, 1.807) is 13.8 Å². The summed E-state index contributed by atoms with van der Waals surface area (Å²) in [5.74, 6) is -0.486. The normalized spacial score (nSPS) is 27.3. The first-order valence-electron chi connectivity index (χ1n) is 8.91. The third-order valence-corrected chi connectivity index (χ3v) is 6.62. The molecule has 1 aliphatic carbocycles. The number of H-pyrrole nitrogens is 1. The highest BCUT2D eigenvalue weighted by molar-refractivity contribution is 7.51. The Morgan fingerprint density at radius 3 is 2.41 bits per heavy atom. The molecule has 0 aliphatic heterocycles. The summed E-state index contributed by atoms with van der Waals surface area (Å²) in [6.07, 6.45) is -1.59. The first-order valence-corrected chi connectivity index (χ1v) is 12.2. The molecular weight excluding hydrogens is 430 g/mol. The van der Waals surface area contributed by atoms with Crippen molar-refractivity contribution in [2.75, 3.05) is 13.3 Å². The second-order valence-electron chi connectivity index (χ2n) is 7.15. The summed E-state index contributed by atoms with van der Waals surface area (Å²) in [6, 6.07) is 0.286. The van der Waals surface area contributed by atoms with E-state index in [1.165, 1.54) is 13.3 Å². The monoisotopic (exact) mass is 456 g/mol. The number of aromatic nitrogens is 2. The molecule has 12 nitrogen and oxygen atoms in total. The highest BCUT2D eigenvalue weighted by atomic mass is 31.2. The van der Waals surface area contributed by atoms with Gasteiger partial charge in [0.1, 0.15) is 6.10 Å². The molecule has 0 spiro atoms. The van der Waals surface area contributed by atoms with Gasteiger partial charge in [0.05, 0.1) is 24.4 Å². The SMILES string of the molecule is CO[C@@H]1[C@@H](CCP(=O)(O)O)C[C@H](n2ccc(=O)[nH]c2=O)[C@@H]1OP(=O)(O)OC(C)C. The average Bonchev–Trinajstić information content (AvgIpc) is 2.87. The van der Waals surface area contributed by atoms with E-state index in [0.717, 1.165) is 10.6 Å². The van der Waals surface area contributed by atoms with Crippen molar-refractivity contribution in [3.05, 3.63) is 33.1 Å². The molecule has 0 bridgehead atoms. The van der Waals surface area contributed by atoms with Gasteiger partial charge in [0, 0.05) is 19.4 Å². The molecule has 1 unspecified atom stereocenters. The summed E-state index contributed by atoms with van der Waals surface area (Å²) >= 11 is 0. The molecule has 1 saturated carbocycles. The van der Waals surface area contributed by atoms with Crippen LogP contribution < -0.4 is 11.2 Å². The van der Waals surface area contributed by atoms with Gasteiger partial charge in [0.15, 0.2) is 0 Å². The van der Waals surface area contributed by atoms with Gasteiger partial charge >= 0.3 is 21.1 Å². The van der Waals surface area contributed by atoms with Gasteiger partial charge < -0.3 is 19.4 Å². The summed E-state index contributed by atoms with van der Waals surface area (Å²) in [5.41, 5.74) is -1.36. The van der Waals surface area contributed by atoms with E-state index in [9.17, 15) is 33.4 Å². The van der Waals surface area contributed by atoms with Crippen LogP contribution in [0.5, 0.6) is 0 Å². The minimum Gasteiger partial charge on any atom is -0.378 e. The van der Waals surface area contributed by atoms with E-state index >= 15 is 0 Å². The molecule has 0 amide bonds. The number of methoxy groups -OCH3 is 1. The Kier molecular flexibility index (Phi) is 7.80. The Bertz CT molecular complexity index is 907. The van der Waals surface area contributed by atoms with Crippen molar-refractivity contribution in [2.45, 2.75) is 51.0 Å². The molecule has 29 heavy (non-hydrogen) atoms. The van der Waals surface area contributed by atoms with Gasteiger partial charge in [-0.25, -0.2) is 9.36 Å². The highest BCUT2D eigenvalue weighted by Gasteiger charge is 2.49. The molecule has 5 atom stereocenters. The van der Waals surface area contributed by atoms with Crippen LogP contribution in [0, 0.1) is 5.92 Å². The molecule has 166 valence electrons. The van der Waals surface area contributed by atoms with E-state index < -0.39 is 63.1 Å². The third-order valence-electron chi connectivity index (χ3n) is 4.58. The van der Waals surface area contributed by atoms with E-state index in [-0.39, 0.29) is 12.8 Å². The van der Waals surface area contributed by atoms with Crippen LogP contribution in [0.2, 0.25) is 0 Å². The molecule has 2 rings (SSSR count). The quantitative estimate of drug-likeness (QED) is 0.385. The van der Waals surface area contributed by atoms with E-state index in [4.69, 9.17) is 13.8 Å². The molecule has 4 N–H and O–H groups in total. The van der Waals surface area contributed by atoms with Crippen LogP contribution in [-0.2, 0) is 22.9 Å². The lowest BCUT2D eigenvalue weighted by Gasteiger charge is -2.28.